The molecule has 6 nitrogen and oxygen atoms in total. The zero-order valence-electron chi connectivity index (χ0n) is 15.9. The van der Waals surface area contributed by atoms with Gasteiger partial charge in [-0.25, -0.2) is 0 Å². The lowest BCUT2D eigenvalue weighted by Gasteiger charge is -2.24. The maximum atomic E-state index is 12.4. The molecule has 1 heterocycles. The van der Waals surface area contributed by atoms with Crippen LogP contribution in [0.25, 0.3) is 0 Å². The Hall–Kier alpha value is -2.99. The Morgan fingerprint density at radius 2 is 1.70 bits per heavy atom. The number of carbonyl (C=O) groups excluding carboxylic acids is 3. The minimum Gasteiger partial charge on any atom is -0.325 e. The number of imide groups is 1. The summed E-state index contributed by atoms with van der Waals surface area (Å²) in [6, 6.07) is 13.1. The third-order valence-electron chi connectivity index (χ3n) is 4.99. The number of hydrogen-bond donors (Lipinski definition) is 1. The van der Waals surface area contributed by atoms with Crippen LogP contribution < -0.4 is 5.32 Å². The van der Waals surface area contributed by atoms with E-state index >= 15 is 0 Å². The highest BCUT2D eigenvalue weighted by Crippen LogP contribution is 2.25. The number of hydrogen-bond acceptors (Lipinski definition) is 4. The van der Waals surface area contributed by atoms with E-state index in [2.05, 4.69) is 29.6 Å². The molecule has 0 fully saturated rings. The van der Waals surface area contributed by atoms with Crippen molar-refractivity contribution in [2.45, 2.75) is 19.9 Å². The number of anilines is 1. The predicted molar refractivity (Wildman–Crippen MR) is 104 cm³/mol. The van der Waals surface area contributed by atoms with Gasteiger partial charge in [0.15, 0.2) is 0 Å². The van der Waals surface area contributed by atoms with Crippen LogP contribution in [-0.2, 0) is 4.79 Å². The zero-order chi connectivity index (χ0) is 19.7. The molecule has 2 aromatic carbocycles. The Morgan fingerprint density at radius 1 is 1.07 bits per heavy atom. The average molecular weight is 365 g/mol. The van der Waals surface area contributed by atoms with Crippen molar-refractivity contribution in [1.29, 1.82) is 0 Å². The molecule has 27 heavy (non-hydrogen) atoms. The standard InChI is InChI=1S/C21H23N3O3/c1-13-5-7-15(8-6-13)14(2)23(3)12-19(25)22-16-9-10-17-18(11-16)21(27)24(4)20(17)26/h5-11,14H,12H2,1-4H3,(H,22,25)/t14-/m0/s1. The van der Waals surface area contributed by atoms with Crippen LogP contribution in [0.5, 0.6) is 0 Å². The van der Waals surface area contributed by atoms with E-state index in [9.17, 15) is 14.4 Å². The first-order valence-corrected chi connectivity index (χ1v) is 8.81. The number of fused-ring (bicyclic) bond motifs is 1. The summed E-state index contributed by atoms with van der Waals surface area (Å²) < 4.78 is 0. The van der Waals surface area contributed by atoms with Gasteiger partial charge in [-0.1, -0.05) is 29.8 Å². The normalized spacial score (nSPS) is 14.5. The number of aryl methyl sites for hydroxylation is 1. The van der Waals surface area contributed by atoms with Crippen LogP contribution in [0.2, 0.25) is 0 Å². The highest BCUT2D eigenvalue weighted by Gasteiger charge is 2.32. The van der Waals surface area contributed by atoms with Crippen molar-refractivity contribution in [1.82, 2.24) is 9.80 Å². The molecule has 3 amide bonds. The lowest BCUT2D eigenvalue weighted by Crippen LogP contribution is -2.32. The molecule has 0 spiro atoms. The molecule has 140 valence electrons. The summed E-state index contributed by atoms with van der Waals surface area (Å²) in [6.45, 7) is 4.30. The van der Waals surface area contributed by atoms with Gasteiger partial charge in [-0.2, -0.15) is 0 Å². The molecule has 3 rings (SSSR count). The first-order valence-electron chi connectivity index (χ1n) is 8.81. The number of amides is 3. The molecule has 0 unspecified atom stereocenters. The number of nitrogens with one attached hydrogen (secondary N) is 1. The van der Waals surface area contributed by atoms with Crippen LogP contribution in [0.1, 0.15) is 44.8 Å². The van der Waals surface area contributed by atoms with Crippen molar-refractivity contribution < 1.29 is 14.4 Å². The lowest BCUT2D eigenvalue weighted by atomic mass is 10.1. The van der Waals surface area contributed by atoms with Gasteiger partial charge in [0.25, 0.3) is 11.8 Å². The van der Waals surface area contributed by atoms with Gasteiger partial charge in [0.1, 0.15) is 0 Å². The van der Waals surface area contributed by atoms with Crippen molar-refractivity contribution in [3.8, 4) is 0 Å². The Morgan fingerprint density at radius 3 is 2.37 bits per heavy atom. The topological polar surface area (TPSA) is 69.7 Å². The Labute approximate surface area is 158 Å². The molecule has 6 heteroatoms. The maximum absolute atomic E-state index is 12.4. The van der Waals surface area contributed by atoms with E-state index < -0.39 is 0 Å². The summed E-state index contributed by atoms with van der Waals surface area (Å²) in [5.41, 5.74) is 3.53. The minimum absolute atomic E-state index is 0.0872. The number of likely N-dealkylation sites (N-methyl/N-ethyl adjacent to an activating group) is 1. The number of benzene rings is 2. The number of nitrogens with zero attached hydrogens (tertiary/aromatic N) is 2. The Balaban J connectivity index is 1.65. The smallest absolute Gasteiger partial charge is 0.261 e. The van der Waals surface area contributed by atoms with Gasteiger partial charge in [0.2, 0.25) is 5.91 Å². The number of rotatable bonds is 5. The Kier molecular flexibility index (Phi) is 5.10. The summed E-state index contributed by atoms with van der Waals surface area (Å²) in [5, 5.41) is 2.81. The van der Waals surface area contributed by atoms with Crippen LogP contribution in [0.4, 0.5) is 5.69 Å². The zero-order valence-corrected chi connectivity index (χ0v) is 15.9. The van der Waals surface area contributed by atoms with Gasteiger partial charge in [-0.05, 0) is 44.7 Å². The van der Waals surface area contributed by atoms with E-state index in [0.29, 0.717) is 16.8 Å². The largest absolute Gasteiger partial charge is 0.325 e. The summed E-state index contributed by atoms with van der Waals surface area (Å²) in [6.07, 6.45) is 0. The quantitative estimate of drug-likeness (QED) is 0.827. The molecular formula is C21H23N3O3. The first kappa shape index (κ1) is 18.8. The highest BCUT2D eigenvalue weighted by atomic mass is 16.2. The summed E-state index contributed by atoms with van der Waals surface area (Å²) in [4.78, 5) is 39.4. The molecule has 1 aliphatic rings. The molecule has 1 aliphatic heterocycles. The van der Waals surface area contributed by atoms with Gasteiger partial charge in [0, 0.05) is 18.8 Å². The molecule has 1 N–H and O–H groups in total. The summed E-state index contributed by atoms with van der Waals surface area (Å²) in [5.74, 6) is -0.850. The van der Waals surface area contributed by atoms with Gasteiger partial charge in [-0.15, -0.1) is 0 Å². The van der Waals surface area contributed by atoms with Crippen molar-refractivity contribution in [2.75, 3.05) is 26.0 Å². The molecule has 0 saturated carbocycles. The molecule has 0 bridgehead atoms. The number of carbonyl (C=O) groups is 3. The van der Waals surface area contributed by atoms with Crippen LogP contribution in [0.15, 0.2) is 42.5 Å². The van der Waals surface area contributed by atoms with Crippen LogP contribution in [-0.4, -0.2) is 48.2 Å². The van der Waals surface area contributed by atoms with Gasteiger partial charge in [-0.3, -0.25) is 24.2 Å². The van der Waals surface area contributed by atoms with Gasteiger partial charge >= 0.3 is 0 Å². The third-order valence-corrected chi connectivity index (χ3v) is 4.99. The lowest BCUT2D eigenvalue weighted by molar-refractivity contribution is -0.117. The van der Waals surface area contributed by atoms with Gasteiger partial charge < -0.3 is 5.32 Å². The van der Waals surface area contributed by atoms with Crippen LogP contribution >= 0.6 is 0 Å². The van der Waals surface area contributed by atoms with E-state index in [1.807, 2.05) is 25.8 Å². The molecular weight excluding hydrogens is 342 g/mol. The van der Waals surface area contributed by atoms with E-state index in [4.69, 9.17) is 0 Å². The van der Waals surface area contributed by atoms with Crippen LogP contribution in [0, 0.1) is 6.92 Å². The average Bonchev–Trinajstić information content (AvgIpc) is 2.85. The summed E-state index contributed by atoms with van der Waals surface area (Å²) >= 11 is 0. The van der Waals surface area contributed by atoms with Crippen LogP contribution in [0.3, 0.4) is 0 Å². The highest BCUT2D eigenvalue weighted by molar-refractivity contribution is 6.21. The molecule has 0 saturated heterocycles. The molecule has 2 aromatic rings. The minimum atomic E-state index is -0.351. The second kappa shape index (κ2) is 7.32. The Bertz CT molecular complexity index is 905. The van der Waals surface area contributed by atoms with E-state index in [0.717, 1.165) is 10.5 Å². The second-order valence-electron chi connectivity index (χ2n) is 6.98. The fourth-order valence-electron chi connectivity index (χ4n) is 3.10. The molecule has 0 aromatic heterocycles. The molecule has 1 atom stereocenters. The maximum Gasteiger partial charge on any atom is 0.261 e. The second-order valence-corrected chi connectivity index (χ2v) is 6.98. The van der Waals surface area contributed by atoms with Crippen molar-refractivity contribution in [3.05, 3.63) is 64.7 Å². The predicted octanol–water partition coefficient (Wildman–Crippen LogP) is 2.85. The van der Waals surface area contributed by atoms with Crippen molar-refractivity contribution in [3.63, 3.8) is 0 Å². The van der Waals surface area contributed by atoms with E-state index in [-0.39, 0.29) is 30.3 Å². The monoisotopic (exact) mass is 365 g/mol. The SMILES string of the molecule is Cc1ccc([C@H](C)N(C)CC(=O)Nc2ccc3c(c2)C(=O)N(C)C3=O)cc1. The van der Waals surface area contributed by atoms with E-state index in [1.54, 1.807) is 18.2 Å². The molecule has 0 radical (unpaired) electrons. The molecule has 0 aliphatic carbocycles. The first-order chi connectivity index (χ1) is 12.8. The van der Waals surface area contributed by atoms with E-state index in [1.165, 1.54) is 12.6 Å². The summed E-state index contributed by atoms with van der Waals surface area (Å²) in [7, 11) is 3.34. The van der Waals surface area contributed by atoms with Crippen molar-refractivity contribution >= 4 is 23.4 Å². The fourth-order valence-corrected chi connectivity index (χ4v) is 3.10. The van der Waals surface area contributed by atoms with Gasteiger partial charge in [0.05, 0.1) is 17.7 Å². The fraction of sp³-hybridized carbons (Fsp3) is 0.286. The third kappa shape index (κ3) is 3.75. The van der Waals surface area contributed by atoms with Crippen molar-refractivity contribution in [2.24, 2.45) is 0 Å².